The largest absolute Gasteiger partial charge is 0.323 e. The Morgan fingerprint density at radius 1 is 1.04 bits per heavy atom. The van der Waals surface area contributed by atoms with Crippen LogP contribution in [0.25, 0.3) is 21.8 Å². The fraction of sp³-hybridized carbons (Fsp3) is 0.0952. The molecule has 26 heavy (non-hydrogen) atoms. The van der Waals surface area contributed by atoms with E-state index in [1.54, 1.807) is 13.1 Å². The number of aromatic nitrogens is 2. The normalized spacial score (nSPS) is 11.0. The van der Waals surface area contributed by atoms with Crippen molar-refractivity contribution in [1.82, 2.24) is 9.55 Å². The highest BCUT2D eigenvalue weighted by molar-refractivity contribution is 6.00. The Labute approximate surface area is 149 Å². The van der Waals surface area contributed by atoms with Gasteiger partial charge in [0.2, 0.25) is 5.91 Å². The molecular formula is C21H17N3O2. The van der Waals surface area contributed by atoms with Crippen molar-refractivity contribution in [3.05, 3.63) is 82.8 Å². The van der Waals surface area contributed by atoms with Crippen LogP contribution in [0.5, 0.6) is 0 Å². The molecule has 1 N–H and O–H groups in total. The summed E-state index contributed by atoms with van der Waals surface area (Å²) in [5.41, 5.74) is 2.57. The predicted molar refractivity (Wildman–Crippen MR) is 103 cm³/mol. The van der Waals surface area contributed by atoms with Gasteiger partial charge in [0.15, 0.2) is 0 Å². The molecule has 0 aliphatic heterocycles. The molecule has 4 rings (SSSR count). The van der Waals surface area contributed by atoms with Gasteiger partial charge in [-0.1, -0.05) is 36.4 Å². The van der Waals surface area contributed by atoms with Crippen LogP contribution in [-0.2, 0) is 11.3 Å². The van der Waals surface area contributed by atoms with Crippen LogP contribution in [0.2, 0.25) is 0 Å². The van der Waals surface area contributed by atoms with Gasteiger partial charge in [-0.05, 0) is 36.6 Å². The quantitative estimate of drug-likeness (QED) is 0.619. The maximum atomic E-state index is 12.6. The highest BCUT2D eigenvalue weighted by Gasteiger charge is 2.12. The number of carbonyl (C=O) groups excluding carboxylic acids is 1. The van der Waals surface area contributed by atoms with Gasteiger partial charge in [-0.15, -0.1) is 0 Å². The number of benzene rings is 2. The van der Waals surface area contributed by atoms with Gasteiger partial charge in [0, 0.05) is 17.1 Å². The Kier molecular flexibility index (Phi) is 3.97. The minimum Gasteiger partial charge on any atom is -0.323 e. The average Bonchev–Trinajstić information content (AvgIpc) is 2.66. The smallest absolute Gasteiger partial charge is 0.254 e. The van der Waals surface area contributed by atoms with Crippen LogP contribution in [0.1, 0.15) is 5.56 Å². The van der Waals surface area contributed by atoms with Crippen LogP contribution < -0.4 is 10.9 Å². The van der Waals surface area contributed by atoms with E-state index in [9.17, 15) is 9.59 Å². The number of amides is 1. The Balaban J connectivity index is 1.70. The van der Waals surface area contributed by atoms with Crippen LogP contribution in [0.15, 0.2) is 71.7 Å². The summed E-state index contributed by atoms with van der Waals surface area (Å²) in [4.78, 5) is 29.5. The number of nitrogens with one attached hydrogen (secondary N) is 1. The van der Waals surface area contributed by atoms with E-state index in [4.69, 9.17) is 0 Å². The SMILES string of the molecule is Cc1cc2ccccc2n(CC(=O)Nc2cccc3cccnc23)c1=O. The number of aryl methyl sites for hydroxylation is 1. The van der Waals surface area contributed by atoms with Crippen molar-refractivity contribution >= 4 is 33.4 Å². The highest BCUT2D eigenvalue weighted by atomic mass is 16.2. The number of rotatable bonds is 3. The number of fused-ring (bicyclic) bond motifs is 2. The third-order valence-corrected chi connectivity index (χ3v) is 4.39. The summed E-state index contributed by atoms with van der Waals surface area (Å²) in [5, 5.41) is 4.77. The molecule has 5 heteroatoms. The summed E-state index contributed by atoms with van der Waals surface area (Å²) in [6.07, 6.45) is 1.69. The Morgan fingerprint density at radius 2 is 1.81 bits per heavy atom. The second-order valence-corrected chi connectivity index (χ2v) is 6.21. The monoisotopic (exact) mass is 343 g/mol. The molecule has 0 radical (unpaired) electrons. The van der Waals surface area contributed by atoms with Gasteiger partial charge in [-0.3, -0.25) is 19.1 Å². The van der Waals surface area contributed by atoms with Crippen molar-refractivity contribution in [2.24, 2.45) is 0 Å². The van der Waals surface area contributed by atoms with Crippen molar-refractivity contribution in [1.29, 1.82) is 0 Å². The van der Waals surface area contributed by atoms with Crippen molar-refractivity contribution in [2.75, 3.05) is 5.32 Å². The third kappa shape index (κ3) is 2.84. The number of hydrogen-bond donors (Lipinski definition) is 1. The molecule has 4 aromatic rings. The van der Waals surface area contributed by atoms with Crippen molar-refractivity contribution in [2.45, 2.75) is 13.5 Å². The molecule has 1 amide bonds. The molecule has 128 valence electrons. The molecule has 0 bridgehead atoms. The number of anilines is 1. The first-order valence-corrected chi connectivity index (χ1v) is 8.36. The van der Waals surface area contributed by atoms with Crippen LogP contribution >= 0.6 is 0 Å². The highest BCUT2D eigenvalue weighted by Crippen LogP contribution is 2.21. The van der Waals surface area contributed by atoms with Gasteiger partial charge in [0.05, 0.1) is 16.7 Å². The molecule has 2 heterocycles. The first-order valence-electron chi connectivity index (χ1n) is 8.36. The zero-order chi connectivity index (χ0) is 18.1. The van der Waals surface area contributed by atoms with Crippen LogP contribution in [0, 0.1) is 6.92 Å². The zero-order valence-electron chi connectivity index (χ0n) is 14.3. The number of pyridine rings is 2. The maximum Gasteiger partial charge on any atom is 0.254 e. The molecular weight excluding hydrogens is 326 g/mol. The van der Waals surface area contributed by atoms with Gasteiger partial charge in [-0.2, -0.15) is 0 Å². The standard InChI is InChI=1S/C21H17N3O2/c1-14-12-16-6-2-3-10-18(16)24(21(14)26)13-19(25)23-17-9-4-7-15-8-5-11-22-20(15)17/h2-12H,13H2,1H3,(H,23,25). The van der Waals surface area contributed by atoms with E-state index in [-0.39, 0.29) is 18.0 Å². The molecule has 2 aromatic heterocycles. The second-order valence-electron chi connectivity index (χ2n) is 6.21. The minimum absolute atomic E-state index is 0.0513. The number of para-hydroxylation sites is 2. The summed E-state index contributed by atoms with van der Waals surface area (Å²) < 4.78 is 1.51. The molecule has 5 nitrogen and oxygen atoms in total. The van der Waals surface area contributed by atoms with Crippen molar-refractivity contribution in [3.8, 4) is 0 Å². The van der Waals surface area contributed by atoms with Crippen molar-refractivity contribution in [3.63, 3.8) is 0 Å². The first kappa shape index (κ1) is 16.0. The molecule has 0 saturated heterocycles. The van der Waals surface area contributed by atoms with E-state index in [1.807, 2.05) is 60.7 Å². The fourth-order valence-electron chi connectivity index (χ4n) is 3.17. The first-order chi connectivity index (χ1) is 12.6. The Hall–Kier alpha value is -3.47. The van der Waals surface area contributed by atoms with Gasteiger partial charge >= 0.3 is 0 Å². The van der Waals surface area contributed by atoms with Gasteiger partial charge in [0.25, 0.3) is 5.56 Å². The Morgan fingerprint density at radius 3 is 2.69 bits per heavy atom. The average molecular weight is 343 g/mol. The zero-order valence-corrected chi connectivity index (χ0v) is 14.3. The summed E-state index contributed by atoms with van der Waals surface area (Å²) in [6.45, 7) is 1.71. The van der Waals surface area contributed by atoms with E-state index >= 15 is 0 Å². The fourth-order valence-corrected chi connectivity index (χ4v) is 3.17. The molecule has 0 spiro atoms. The van der Waals surface area contributed by atoms with Crippen molar-refractivity contribution < 1.29 is 4.79 Å². The predicted octanol–water partition coefficient (Wildman–Crippen LogP) is 3.50. The van der Waals surface area contributed by atoms with Crippen LogP contribution in [0.4, 0.5) is 5.69 Å². The lowest BCUT2D eigenvalue weighted by atomic mass is 10.1. The second kappa shape index (κ2) is 6.44. The lowest BCUT2D eigenvalue weighted by molar-refractivity contribution is -0.116. The lowest BCUT2D eigenvalue weighted by Gasteiger charge is -2.12. The number of hydrogen-bond acceptors (Lipinski definition) is 3. The number of carbonyl (C=O) groups is 1. The Bertz CT molecular complexity index is 1190. The lowest BCUT2D eigenvalue weighted by Crippen LogP contribution is -2.29. The van der Waals surface area contributed by atoms with E-state index in [0.29, 0.717) is 11.3 Å². The molecule has 2 aromatic carbocycles. The molecule has 0 atom stereocenters. The third-order valence-electron chi connectivity index (χ3n) is 4.39. The van der Waals surface area contributed by atoms with E-state index < -0.39 is 0 Å². The van der Waals surface area contributed by atoms with Crippen LogP contribution in [-0.4, -0.2) is 15.5 Å². The number of nitrogens with zero attached hydrogens (tertiary/aromatic N) is 2. The summed E-state index contributed by atoms with van der Waals surface area (Å²) in [6, 6.07) is 18.8. The van der Waals surface area contributed by atoms with Gasteiger partial charge in [0.1, 0.15) is 6.54 Å². The minimum atomic E-state index is -0.263. The van der Waals surface area contributed by atoms with Gasteiger partial charge in [-0.25, -0.2) is 0 Å². The summed E-state index contributed by atoms with van der Waals surface area (Å²) in [5.74, 6) is -0.263. The molecule has 0 unspecified atom stereocenters. The molecule has 0 aliphatic rings. The van der Waals surface area contributed by atoms with Crippen LogP contribution in [0.3, 0.4) is 0 Å². The molecule has 0 fully saturated rings. The molecule has 0 saturated carbocycles. The maximum absolute atomic E-state index is 12.6. The van der Waals surface area contributed by atoms with E-state index in [1.165, 1.54) is 4.57 Å². The topological polar surface area (TPSA) is 64.0 Å². The van der Waals surface area contributed by atoms with Gasteiger partial charge < -0.3 is 5.32 Å². The summed E-state index contributed by atoms with van der Waals surface area (Å²) >= 11 is 0. The van der Waals surface area contributed by atoms with E-state index in [2.05, 4.69) is 10.3 Å². The molecule has 0 aliphatic carbocycles. The summed E-state index contributed by atoms with van der Waals surface area (Å²) in [7, 11) is 0. The van der Waals surface area contributed by atoms with E-state index in [0.717, 1.165) is 21.8 Å².